The standard InChI is InChI=1S/C19H37N7O2/c1-7-16-24-22-15-26(16)12-11-21-18(20-10-9-13-28-8-2)25(6)14-17(27)23-19(3,4)5/h15H,7-14H2,1-6H3,(H,20,21)(H,23,27). The molecule has 1 rings (SSSR count). The minimum absolute atomic E-state index is 0.0362. The molecule has 1 heterocycles. The van der Waals surface area contributed by atoms with Crippen LogP contribution in [-0.2, 0) is 22.5 Å². The first-order valence-corrected chi connectivity index (χ1v) is 10.0. The zero-order valence-electron chi connectivity index (χ0n) is 18.3. The van der Waals surface area contributed by atoms with Crippen molar-refractivity contribution in [1.82, 2.24) is 30.3 Å². The lowest BCUT2D eigenvalue weighted by Gasteiger charge is -2.25. The summed E-state index contributed by atoms with van der Waals surface area (Å²) in [6.07, 6.45) is 3.41. The molecule has 0 aliphatic carbocycles. The lowest BCUT2D eigenvalue weighted by Crippen LogP contribution is -2.49. The third-order valence-corrected chi connectivity index (χ3v) is 3.82. The second-order valence-corrected chi connectivity index (χ2v) is 7.63. The van der Waals surface area contributed by atoms with E-state index >= 15 is 0 Å². The van der Waals surface area contributed by atoms with Crippen LogP contribution in [0.1, 0.15) is 46.9 Å². The minimum atomic E-state index is -0.259. The number of guanidine groups is 1. The fourth-order valence-corrected chi connectivity index (χ4v) is 2.58. The van der Waals surface area contributed by atoms with Gasteiger partial charge in [0, 0.05) is 51.9 Å². The number of amides is 1. The number of nitrogens with zero attached hydrogens (tertiary/aromatic N) is 5. The zero-order valence-corrected chi connectivity index (χ0v) is 18.3. The van der Waals surface area contributed by atoms with Gasteiger partial charge in [0.25, 0.3) is 0 Å². The molecule has 9 heteroatoms. The van der Waals surface area contributed by atoms with Crippen LogP contribution < -0.4 is 10.6 Å². The van der Waals surface area contributed by atoms with Gasteiger partial charge < -0.3 is 24.8 Å². The van der Waals surface area contributed by atoms with Gasteiger partial charge in [-0.2, -0.15) is 0 Å². The summed E-state index contributed by atoms with van der Waals surface area (Å²) in [5.41, 5.74) is -0.259. The molecule has 0 saturated carbocycles. The van der Waals surface area contributed by atoms with Crippen LogP contribution in [0.4, 0.5) is 0 Å². The molecular formula is C19H37N7O2. The van der Waals surface area contributed by atoms with Gasteiger partial charge >= 0.3 is 0 Å². The highest BCUT2D eigenvalue weighted by Gasteiger charge is 2.17. The molecule has 9 nitrogen and oxygen atoms in total. The molecule has 0 atom stereocenters. The van der Waals surface area contributed by atoms with E-state index < -0.39 is 0 Å². The summed E-state index contributed by atoms with van der Waals surface area (Å²) in [6.45, 7) is 13.6. The van der Waals surface area contributed by atoms with Gasteiger partial charge in [-0.15, -0.1) is 10.2 Å². The summed E-state index contributed by atoms with van der Waals surface area (Å²) < 4.78 is 7.39. The molecule has 0 bridgehead atoms. The molecule has 0 fully saturated rings. The van der Waals surface area contributed by atoms with Crippen LogP contribution in [0.2, 0.25) is 0 Å². The lowest BCUT2D eigenvalue weighted by atomic mass is 10.1. The van der Waals surface area contributed by atoms with Gasteiger partial charge in [0.1, 0.15) is 12.2 Å². The molecule has 0 radical (unpaired) electrons. The van der Waals surface area contributed by atoms with Gasteiger partial charge in [0.2, 0.25) is 5.91 Å². The fraction of sp³-hybridized carbons (Fsp3) is 0.789. The minimum Gasteiger partial charge on any atom is -0.382 e. The van der Waals surface area contributed by atoms with Crippen molar-refractivity contribution < 1.29 is 9.53 Å². The number of carbonyl (C=O) groups excluding carboxylic acids is 1. The van der Waals surface area contributed by atoms with Crippen molar-refractivity contribution in [2.75, 3.05) is 39.9 Å². The second-order valence-electron chi connectivity index (χ2n) is 7.63. The number of aryl methyl sites for hydroxylation is 1. The van der Waals surface area contributed by atoms with E-state index in [1.807, 2.05) is 44.2 Å². The molecule has 0 aliphatic heterocycles. The van der Waals surface area contributed by atoms with Gasteiger partial charge in [-0.05, 0) is 34.1 Å². The van der Waals surface area contributed by atoms with Crippen LogP contribution in [0, 0.1) is 0 Å². The van der Waals surface area contributed by atoms with Crippen molar-refractivity contribution in [1.29, 1.82) is 0 Å². The van der Waals surface area contributed by atoms with E-state index in [1.54, 1.807) is 6.33 Å². The Labute approximate surface area is 168 Å². The maximum absolute atomic E-state index is 12.3. The largest absolute Gasteiger partial charge is 0.382 e. The molecule has 160 valence electrons. The van der Waals surface area contributed by atoms with Crippen LogP contribution in [0.15, 0.2) is 11.3 Å². The monoisotopic (exact) mass is 395 g/mol. The number of ether oxygens (including phenoxy) is 1. The highest BCUT2D eigenvalue weighted by molar-refractivity contribution is 5.86. The Hall–Kier alpha value is -2.16. The summed E-state index contributed by atoms with van der Waals surface area (Å²) >= 11 is 0. The highest BCUT2D eigenvalue weighted by Crippen LogP contribution is 1.99. The van der Waals surface area contributed by atoms with E-state index in [1.165, 1.54) is 0 Å². The number of rotatable bonds is 11. The Morgan fingerprint density at radius 3 is 2.75 bits per heavy atom. The third-order valence-electron chi connectivity index (χ3n) is 3.82. The molecule has 1 aromatic rings. The van der Waals surface area contributed by atoms with Crippen molar-refractivity contribution in [3.05, 3.63) is 12.2 Å². The molecule has 0 saturated heterocycles. The number of likely N-dealkylation sites (N-methyl/N-ethyl adjacent to an activating group) is 1. The molecule has 28 heavy (non-hydrogen) atoms. The number of carbonyl (C=O) groups is 1. The molecular weight excluding hydrogens is 358 g/mol. The van der Waals surface area contributed by atoms with E-state index in [-0.39, 0.29) is 18.0 Å². The van der Waals surface area contributed by atoms with Crippen LogP contribution in [0.5, 0.6) is 0 Å². The van der Waals surface area contributed by atoms with Gasteiger partial charge in [0.05, 0.1) is 6.54 Å². The lowest BCUT2D eigenvalue weighted by molar-refractivity contribution is -0.122. The number of nitrogens with one attached hydrogen (secondary N) is 2. The summed E-state index contributed by atoms with van der Waals surface area (Å²) in [4.78, 5) is 18.7. The number of hydrogen-bond donors (Lipinski definition) is 2. The predicted octanol–water partition coefficient (Wildman–Crippen LogP) is 1.06. The van der Waals surface area contributed by atoms with Crippen molar-refractivity contribution in [2.45, 2.75) is 59.5 Å². The average Bonchev–Trinajstić information content (AvgIpc) is 3.05. The Morgan fingerprint density at radius 2 is 2.11 bits per heavy atom. The van der Waals surface area contributed by atoms with E-state index in [2.05, 4.69) is 32.7 Å². The van der Waals surface area contributed by atoms with Crippen LogP contribution in [0.25, 0.3) is 0 Å². The van der Waals surface area contributed by atoms with Gasteiger partial charge in [-0.25, -0.2) is 0 Å². The first-order valence-electron chi connectivity index (χ1n) is 10.0. The number of aromatic nitrogens is 3. The third kappa shape index (κ3) is 9.68. The molecule has 1 aromatic heterocycles. The van der Waals surface area contributed by atoms with Gasteiger partial charge in [-0.1, -0.05) is 6.92 Å². The average molecular weight is 396 g/mol. The first-order chi connectivity index (χ1) is 13.3. The van der Waals surface area contributed by atoms with Crippen molar-refractivity contribution in [3.63, 3.8) is 0 Å². The predicted molar refractivity (Wildman–Crippen MR) is 111 cm³/mol. The summed E-state index contributed by atoms with van der Waals surface area (Å²) in [5.74, 6) is 1.62. The summed E-state index contributed by atoms with van der Waals surface area (Å²) in [6, 6.07) is 0. The quantitative estimate of drug-likeness (QED) is 0.330. The van der Waals surface area contributed by atoms with Gasteiger partial charge in [0.15, 0.2) is 5.96 Å². The molecule has 0 aliphatic rings. The van der Waals surface area contributed by atoms with Crippen molar-refractivity contribution in [3.8, 4) is 0 Å². The number of hydrogen-bond acceptors (Lipinski definition) is 5. The molecule has 0 aromatic carbocycles. The second kappa shape index (κ2) is 12.3. The molecule has 0 spiro atoms. The summed E-state index contributed by atoms with van der Waals surface area (Å²) in [7, 11) is 1.87. The van der Waals surface area contributed by atoms with Crippen LogP contribution in [-0.4, -0.2) is 77.0 Å². The number of aliphatic imine (C=N–C) groups is 1. The maximum atomic E-state index is 12.3. The smallest absolute Gasteiger partial charge is 0.240 e. The SMILES string of the molecule is CCOCCCN=C(NCCn1cnnc1CC)N(C)CC(=O)NC(C)(C)C. The van der Waals surface area contributed by atoms with E-state index in [0.29, 0.717) is 32.3 Å². The van der Waals surface area contributed by atoms with E-state index in [9.17, 15) is 4.79 Å². The van der Waals surface area contributed by atoms with E-state index in [4.69, 9.17) is 4.74 Å². The Balaban J connectivity index is 2.63. The Bertz CT molecular complexity index is 608. The highest BCUT2D eigenvalue weighted by atomic mass is 16.5. The normalized spacial score (nSPS) is 12.1. The molecule has 2 N–H and O–H groups in total. The summed E-state index contributed by atoms with van der Waals surface area (Å²) in [5, 5.41) is 14.4. The zero-order chi connectivity index (χ0) is 21.0. The van der Waals surface area contributed by atoms with Gasteiger partial charge in [-0.3, -0.25) is 9.79 Å². The van der Waals surface area contributed by atoms with Crippen molar-refractivity contribution >= 4 is 11.9 Å². The van der Waals surface area contributed by atoms with E-state index in [0.717, 1.165) is 25.2 Å². The first kappa shape index (κ1) is 23.9. The Morgan fingerprint density at radius 1 is 1.36 bits per heavy atom. The van der Waals surface area contributed by atoms with Crippen LogP contribution >= 0.6 is 0 Å². The fourth-order valence-electron chi connectivity index (χ4n) is 2.58. The molecule has 1 amide bonds. The van der Waals surface area contributed by atoms with Crippen molar-refractivity contribution in [2.24, 2.45) is 4.99 Å². The maximum Gasteiger partial charge on any atom is 0.240 e. The van der Waals surface area contributed by atoms with Crippen LogP contribution in [0.3, 0.4) is 0 Å². The topological polar surface area (TPSA) is 96.7 Å². The molecule has 0 unspecified atom stereocenters. The Kier molecular flexibility index (Phi) is 10.5.